The highest BCUT2D eigenvalue weighted by atomic mass is 35.5. The maximum atomic E-state index is 12.3. The lowest BCUT2D eigenvalue weighted by Gasteiger charge is -2.11. The van der Waals surface area contributed by atoms with Gasteiger partial charge in [0.05, 0.1) is 29.9 Å². The van der Waals surface area contributed by atoms with Crippen molar-refractivity contribution in [1.29, 1.82) is 0 Å². The monoisotopic (exact) mass is 264 g/mol. The zero-order valence-electron chi connectivity index (χ0n) is 9.80. The summed E-state index contributed by atoms with van der Waals surface area (Å²) in [5.41, 5.74) is 0.600. The van der Waals surface area contributed by atoms with Gasteiger partial charge in [-0.2, -0.15) is 0 Å². The van der Waals surface area contributed by atoms with E-state index in [1.807, 2.05) is 0 Å². The molecule has 1 saturated heterocycles. The summed E-state index contributed by atoms with van der Waals surface area (Å²) in [6.07, 6.45) is 3.78. The smallest absolute Gasteiger partial charge is 0.261 e. The van der Waals surface area contributed by atoms with E-state index in [0.29, 0.717) is 22.5 Å². The van der Waals surface area contributed by atoms with Crippen molar-refractivity contribution in [1.82, 2.24) is 9.55 Å². The second kappa shape index (κ2) is 4.71. The summed E-state index contributed by atoms with van der Waals surface area (Å²) < 4.78 is 7.15. The van der Waals surface area contributed by atoms with Crippen LogP contribution in [0.2, 0.25) is 5.02 Å². The molecule has 0 saturated carbocycles. The Hall–Kier alpha value is -1.39. The fourth-order valence-corrected chi connectivity index (χ4v) is 2.44. The van der Waals surface area contributed by atoms with E-state index in [-0.39, 0.29) is 11.7 Å². The van der Waals surface area contributed by atoms with Crippen LogP contribution in [0.25, 0.3) is 10.9 Å². The summed E-state index contributed by atoms with van der Waals surface area (Å²) in [6, 6.07) is 5.14. The molecule has 4 nitrogen and oxygen atoms in total. The molecule has 1 atom stereocenters. The standard InChI is InChI=1S/C13H13ClN2O2/c14-9-3-4-11-12(6-9)15-8-16(13(11)17)7-10-2-1-5-18-10/h3-4,6,8,10H,1-2,5,7H2/t10-/m0/s1. The van der Waals surface area contributed by atoms with Crippen molar-refractivity contribution in [3.63, 3.8) is 0 Å². The topological polar surface area (TPSA) is 44.1 Å². The molecule has 0 N–H and O–H groups in total. The molecule has 2 heterocycles. The summed E-state index contributed by atoms with van der Waals surface area (Å²) in [6.45, 7) is 1.36. The average molecular weight is 265 g/mol. The molecule has 0 radical (unpaired) electrons. The predicted octanol–water partition coefficient (Wildman–Crippen LogP) is 2.23. The van der Waals surface area contributed by atoms with Gasteiger partial charge in [0.2, 0.25) is 0 Å². The molecule has 1 aromatic heterocycles. The van der Waals surface area contributed by atoms with Crippen LogP contribution >= 0.6 is 11.6 Å². The van der Waals surface area contributed by atoms with Gasteiger partial charge in [0.1, 0.15) is 0 Å². The molecule has 2 aromatic rings. The average Bonchev–Trinajstić information content (AvgIpc) is 2.85. The molecule has 18 heavy (non-hydrogen) atoms. The second-order valence-electron chi connectivity index (χ2n) is 4.50. The molecule has 5 heteroatoms. The molecule has 3 rings (SSSR count). The van der Waals surface area contributed by atoms with E-state index in [2.05, 4.69) is 4.98 Å². The summed E-state index contributed by atoms with van der Waals surface area (Å²) in [5.74, 6) is 0. The summed E-state index contributed by atoms with van der Waals surface area (Å²) in [5, 5.41) is 1.19. The van der Waals surface area contributed by atoms with Crippen molar-refractivity contribution < 1.29 is 4.74 Å². The third kappa shape index (κ3) is 2.13. The van der Waals surface area contributed by atoms with Gasteiger partial charge in [-0.3, -0.25) is 9.36 Å². The third-order valence-corrected chi connectivity index (χ3v) is 3.45. The maximum Gasteiger partial charge on any atom is 0.261 e. The lowest BCUT2D eigenvalue weighted by Crippen LogP contribution is -2.26. The van der Waals surface area contributed by atoms with Crippen LogP contribution in [-0.4, -0.2) is 22.3 Å². The molecule has 0 aliphatic carbocycles. The van der Waals surface area contributed by atoms with Gasteiger partial charge < -0.3 is 4.74 Å². The summed E-state index contributed by atoms with van der Waals surface area (Å²) in [4.78, 5) is 16.5. The van der Waals surface area contributed by atoms with Crippen molar-refractivity contribution in [2.24, 2.45) is 0 Å². The van der Waals surface area contributed by atoms with Crippen LogP contribution in [0.5, 0.6) is 0 Å². The van der Waals surface area contributed by atoms with Crippen LogP contribution in [0, 0.1) is 0 Å². The number of nitrogens with zero attached hydrogens (tertiary/aromatic N) is 2. The minimum absolute atomic E-state index is 0.0350. The van der Waals surface area contributed by atoms with Crippen LogP contribution in [0.4, 0.5) is 0 Å². The van der Waals surface area contributed by atoms with Gasteiger partial charge in [0.15, 0.2) is 0 Å². The Morgan fingerprint density at radius 2 is 2.39 bits per heavy atom. The fraction of sp³-hybridized carbons (Fsp3) is 0.385. The van der Waals surface area contributed by atoms with E-state index in [1.54, 1.807) is 29.1 Å². The SMILES string of the molecule is O=c1c2ccc(Cl)cc2ncn1C[C@@H]1CCCO1. The third-order valence-electron chi connectivity index (χ3n) is 3.21. The highest BCUT2D eigenvalue weighted by Gasteiger charge is 2.17. The number of ether oxygens (including phenoxy) is 1. The van der Waals surface area contributed by atoms with Gasteiger partial charge in [0, 0.05) is 11.6 Å². The lowest BCUT2D eigenvalue weighted by atomic mass is 10.2. The number of rotatable bonds is 2. The number of benzene rings is 1. The first-order valence-corrected chi connectivity index (χ1v) is 6.38. The summed E-state index contributed by atoms with van der Waals surface area (Å²) in [7, 11) is 0. The number of aromatic nitrogens is 2. The molecular formula is C13H13ClN2O2. The van der Waals surface area contributed by atoms with E-state index in [9.17, 15) is 4.79 Å². The Bertz CT molecular complexity index is 632. The molecule has 94 valence electrons. The van der Waals surface area contributed by atoms with E-state index < -0.39 is 0 Å². The zero-order valence-corrected chi connectivity index (χ0v) is 10.6. The van der Waals surface area contributed by atoms with Gasteiger partial charge in [-0.25, -0.2) is 4.98 Å². The number of halogens is 1. The quantitative estimate of drug-likeness (QED) is 0.835. The van der Waals surface area contributed by atoms with E-state index in [4.69, 9.17) is 16.3 Å². The largest absolute Gasteiger partial charge is 0.376 e. The maximum absolute atomic E-state index is 12.3. The van der Waals surface area contributed by atoms with Crippen molar-refractivity contribution in [2.75, 3.05) is 6.61 Å². The highest BCUT2D eigenvalue weighted by Crippen LogP contribution is 2.16. The predicted molar refractivity (Wildman–Crippen MR) is 70.0 cm³/mol. The van der Waals surface area contributed by atoms with Crippen molar-refractivity contribution >= 4 is 22.5 Å². The zero-order chi connectivity index (χ0) is 12.5. The van der Waals surface area contributed by atoms with E-state index >= 15 is 0 Å². The molecule has 0 amide bonds. The Balaban J connectivity index is 2.00. The number of hydrogen-bond donors (Lipinski definition) is 0. The minimum Gasteiger partial charge on any atom is -0.376 e. The molecule has 1 aliphatic rings. The first kappa shape index (κ1) is 11.7. The van der Waals surface area contributed by atoms with Gasteiger partial charge in [0.25, 0.3) is 5.56 Å². The molecular weight excluding hydrogens is 252 g/mol. The van der Waals surface area contributed by atoms with Crippen LogP contribution in [0.1, 0.15) is 12.8 Å². The normalized spacial score (nSPS) is 19.5. The Labute approximate surface area is 109 Å². The Kier molecular flexibility index (Phi) is 3.06. The van der Waals surface area contributed by atoms with Crippen molar-refractivity contribution in [3.05, 3.63) is 39.9 Å². The van der Waals surface area contributed by atoms with E-state index in [1.165, 1.54) is 0 Å². The Morgan fingerprint density at radius 1 is 1.50 bits per heavy atom. The first-order valence-electron chi connectivity index (χ1n) is 6.00. The van der Waals surface area contributed by atoms with Crippen LogP contribution < -0.4 is 5.56 Å². The van der Waals surface area contributed by atoms with E-state index in [0.717, 1.165) is 19.4 Å². The first-order chi connectivity index (χ1) is 8.74. The molecule has 0 bridgehead atoms. The van der Waals surface area contributed by atoms with Gasteiger partial charge in [-0.1, -0.05) is 11.6 Å². The molecule has 0 spiro atoms. The Morgan fingerprint density at radius 3 is 3.17 bits per heavy atom. The minimum atomic E-state index is -0.0350. The highest BCUT2D eigenvalue weighted by molar-refractivity contribution is 6.31. The number of fused-ring (bicyclic) bond motifs is 1. The van der Waals surface area contributed by atoms with Crippen LogP contribution in [-0.2, 0) is 11.3 Å². The molecule has 1 aromatic carbocycles. The molecule has 1 aliphatic heterocycles. The lowest BCUT2D eigenvalue weighted by molar-refractivity contribution is 0.0960. The van der Waals surface area contributed by atoms with Crippen LogP contribution in [0.3, 0.4) is 0 Å². The van der Waals surface area contributed by atoms with Crippen molar-refractivity contribution in [2.45, 2.75) is 25.5 Å². The second-order valence-corrected chi connectivity index (χ2v) is 4.94. The summed E-state index contributed by atoms with van der Waals surface area (Å²) >= 11 is 5.88. The molecule has 0 unspecified atom stereocenters. The van der Waals surface area contributed by atoms with Crippen molar-refractivity contribution in [3.8, 4) is 0 Å². The fourth-order valence-electron chi connectivity index (χ4n) is 2.27. The van der Waals surface area contributed by atoms with Gasteiger partial charge >= 0.3 is 0 Å². The van der Waals surface area contributed by atoms with Gasteiger partial charge in [-0.15, -0.1) is 0 Å². The molecule has 1 fully saturated rings. The number of hydrogen-bond acceptors (Lipinski definition) is 3. The van der Waals surface area contributed by atoms with Crippen LogP contribution in [0.15, 0.2) is 29.3 Å². The van der Waals surface area contributed by atoms with Gasteiger partial charge in [-0.05, 0) is 31.0 Å².